The SMILES string of the molecule is CCC1=CN=c2[nH]ccc2=C(N2CCC(N(C)C(=O)CCc3c(Cl)cccc3Cl)C2)C1. The summed E-state index contributed by atoms with van der Waals surface area (Å²) < 4.78 is 0. The number of aromatic nitrogens is 1. The van der Waals surface area contributed by atoms with Crippen LogP contribution >= 0.6 is 23.2 Å². The quantitative estimate of drug-likeness (QED) is 0.712. The molecule has 164 valence electrons. The standard InChI is InChI=1S/C24H28Cl2N4O/c1-3-16-13-22(19-9-11-27-24(19)28-14-16)30-12-10-17(15-30)29(2)23(31)8-7-18-20(25)5-4-6-21(18)26/h4-6,9,11,14,17H,3,7-8,10,12-13,15H2,1-2H3,(H,27,28). The maximum absolute atomic E-state index is 12.9. The second kappa shape index (κ2) is 9.49. The fraction of sp³-hybridized carbons (Fsp3) is 0.417. The van der Waals surface area contributed by atoms with Gasteiger partial charge >= 0.3 is 0 Å². The smallest absolute Gasteiger partial charge is 0.222 e. The molecule has 0 bridgehead atoms. The molecule has 1 atom stereocenters. The van der Waals surface area contributed by atoms with Crippen molar-refractivity contribution in [3.8, 4) is 0 Å². The number of carbonyl (C=O) groups is 1. The summed E-state index contributed by atoms with van der Waals surface area (Å²) in [5.74, 6) is 0.125. The lowest BCUT2D eigenvalue weighted by Crippen LogP contribution is -2.40. The minimum atomic E-state index is 0.125. The molecule has 4 rings (SSSR count). The Morgan fingerprint density at radius 3 is 2.81 bits per heavy atom. The second-order valence-corrected chi connectivity index (χ2v) is 9.04. The lowest BCUT2D eigenvalue weighted by atomic mass is 10.1. The van der Waals surface area contributed by atoms with Crippen LogP contribution in [-0.4, -0.2) is 46.9 Å². The van der Waals surface area contributed by atoms with E-state index in [9.17, 15) is 4.79 Å². The Hall–Kier alpha value is -2.24. The van der Waals surface area contributed by atoms with Gasteiger partial charge in [0.2, 0.25) is 5.91 Å². The molecule has 0 aliphatic carbocycles. The van der Waals surface area contributed by atoms with Gasteiger partial charge in [0.05, 0.1) is 6.04 Å². The molecule has 1 aromatic carbocycles. The third-order valence-electron chi connectivity index (χ3n) is 6.40. The summed E-state index contributed by atoms with van der Waals surface area (Å²) >= 11 is 12.5. The zero-order valence-electron chi connectivity index (χ0n) is 18.0. The highest BCUT2D eigenvalue weighted by atomic mass is 35.5. The van der Waals surface area contributed by atoms with Gasteiger partial charge in [-0.15, -0.1) is 0 Å². The molecule has 5 nitrogen and oxygen atoms in total. The Bertz CT molecular complexity index is 1100. The molecule has 3 heterocycles. The maximum atomic E-state index is 12.9. The van der Waals surface area contributed by atoms with E-state index in [4.69, 9.17) is 23.2 Å². The summed E-state index contributed by atoms with van der Waals surface area (Å²) in [4.78, 5) is 25.1. The van der Waals surface area contributed by atoms with E-state index in [0.717, 1.165) is 43.4 Å². The normalized spacial score (nSPS) is 18.3. The van der Waals surface area contributed by atoms with Crippen molar-refractivity contribution in [1.82, 2.24) is 14.8 Å². The average Bonchev–Trinajstić information content (AvgIpc) is 3.40. The number of hydrogen-bond donors (Lipinski definition) is 1. The van der Waals surface area contributed by atoms with E-state index in [0.29, 0.717) is 22.9 Å². The van der Waals surface area contributed by atoms with Crippen molar-refractivity contribution in [3.05, 3.63) is 68.6 Å². The average molecular weight is 459 g/mol. The number of likely N-dealkylation sites (N-methyl/N-ethyl adjacent to an activating group) is 1. The number of amides is 1. The van der Waals surface area contributed by atoms with Gasteiger partial charge in [-0.2, -0.15) is 0 Å². The molecule has 2 aromatic rings. The van der Waals surface area contributed by atoms with Gasteiger partial charge in [0.25, 0.3) is 0 Å². The fourth-order valence-electron chi connectivity index (χ4n) is 4.40. The van der Waals surface area contributed by atoms with Crippen LogP contribution in [0.2, 0.25) is 10.0 Å². The monoisotopic (exact) mass is 458 g/mol. The fourth-order valence-corrected chi connectivity index (χ4v) is 4.98. The summed E-state index contributed by atoms with van der Waals surface area (Å²) in [5.41, 5.74) is 4.39. The Labute approximate surface area is 193 Å². The summed E-state index contributed by atoms with van der Waals surface area (Å²) in [5, 5.41) is 2.40. The molecule has 1 amide bonds. The molecular weight excluding hydrogens is 431 g/mol. The van der Waals surface area contributed by atoms with Gasteiger partial charge in [-0.3, -0.25) is 4.79 Å². The van der Waals surface area contributed by atoms with Crippen LogP contribution in [0.25, 0.3) is 5.70 Å². The van der Waals surface area contributed by atoms with Crippen molar-refractivity contribution in [3.63, 3.8) is 0 Å². The van der Waals surface area contributed by atoms with Gasteiger partial charge in [-0.1, -0.05) is 36.2 Å². The number of hydrogen-bond acceptors (Lipinski definition) is 3. The number of fused-ring (bicyclic) bond motifs is 1. The summed E-state index contributed by atoms with van der Waals surface area (Å²) in [6.07, 6.45) is 7.73. The van der Waals surface area contributed by atoms with Crippen molar-refractivity contribution < 1.29 is 4.79 Å². The van der Waals surface area contributed by atoms with Gasteiger partial charge in [-0.05, 0) is 48.6 Å². The number of benzene rings is 1. The first-order valence-electron chi connectivity index (χ1n) is 10.8. The van der Waals surface area contributed by atoms with Crippen molar-refractivity contribution in [2.45, 2.75) is 45.1 Å². The lowest BCUT2D eigenvalue weighted by Gasteiger charge is -2.27. The molecular formula is C24H28Cl2N4O. The van der Waals surface area contributed by atoms with E-state index >= 15 is 0 Å². The summed E-state index contributed by atoms with van der Waals surface area (Å²) in [7, 11) is 1.91. The molecule has 31 heavy (non-hydrogen) atoms. The molecule has 1 saturated heterocycles. The van der Waals surface area contributed by atoms with E-state index < -0.39 is 0 Å². The van der Waals surface area contributed by atoms with Gasteiger partial charge in [0.15, 0.2) is 0 Å². The van der Waals surface area contributed by atoms with Gasteiger partial charge in [-0.25, -0.2) is 4.99 Å². The first-order chi connectivity index (χ1) is 15.0. The van der Waals surface area contributed by atoms with E-state index in [2.05, 4.69) is 27.9 Å². The number of nitrogens with zero attached hydrogens (tertiary/aromatic N) is 3. The number of likely N-dealkylation sites (tertiary alicyclic amines) is 1. The second-order valence-electron chi connectivity index (χ2n) is 8.23. The molecule has 1 fully saturated rings. The highest BCUT2D eigenvalue weighted by Crippen LogP contribution is 2.27. The highest BCUT2D eigenvalue weighted by Gasteiger charge is 2.30. The predicted octanol–water partition coefficient (Wildman–Crippen LogP) is 3.91. The van der Waals surface area contributed by atoms with Crippen molar-refractivity contribution in [1.29, 1.82) is 0 Å². The van der Waals surface area contributed by atoms with Crippen LogP contribution in [0.3, 0.4) is 0 Å². The van der Waals surface area contributed by atoms with Crippen molar-refractivity contribution in [2.75, 3.05) is 20.1 Å². The largest absolute Gasteiger partial charge is 0.372 e. The van der Waals surface area contributed by atoms with Crippen LogP contribution in [0.1, 0.15) is 38.2 Å². The zero-order chi connectivity index (χ0) is 22.0. The molecule has 1 unspecified atom stereocenters. The van der Waals surface area contributed by atoms with Gasteiger partial charge in [0, 0.05) is 66.3 Å². The minimum absolute atomic E-state index is 0.125. The highest BCUT2D eigenvalue weighted by molar-refractivity contribution is 6.36. The van der Waals surface area contributed by atoms with E-state index in [1.54, 1.807) is 0 Å². The number of aromatic amines is 1. The first kappa shape index (κ1) is 22.0. The molecule has 0 saturated carbocycles. The Morgan fingerprint density at radius 1 is 1.29 bits per heavy atom. The molecule has 0 spiro atoms. The minimum Gasteiger partial charge on any atom is -0.372 e. The number of halogens is 2. The van der Waals surface area contributed by atoms with Gasteiger partial charge in [0.1, 0.15) is 5.49 Å². The Balaban J connectivity index is 1.44. The van der Waals surface area contributed by atoms with Crippen LogP contribution in [0.4, 0.5) is 0 Å². The summed E-state index contributed by atoms with van der Waals surface area (Å²) in [6.45, 7) is 3.95. The zero-order valence-corrected chi connectivity index (χ0v) is 19.5. The van der Waals surface area contributed by atoms with Crippen molar-refractivity contribution >= 4 is 34.8 Å². The first-order valence-corrected chi connectivity index (χ1v) is 11.6. The lowest BCUT2D eigenvalue weighted by molar-refractivity contribution is -0.131. The van der Waals surface area contributed by atoms with Gasteiger partial charge < -0.3 is 14.8 Å². The van der Waals surface area contributed by atoms with E-state index in [-0.39, 0.29) is 11.9 Å². The van der Waals surface area contributed by atoms with E-state index in [1.807, 2.05) is 42.5 Å². The molecule has 2 aliphatic heterocycles. The van der Waals surface area contributed by atoms with Crippen molar-refractivity contribution in [2.24, 2.45) is 4.99 Å². The molecule has 1 N–H and O–H groups in total. The van der Waals surface area contributed by atoms with Crippen LogP contribution in [0.15, 0.2) is 47.2 Å². The number of rotatable bonds is 6. The van der Waals surface area contributed by atoms with Crippen LogP contribution < -0.4 is 10.7 Å². The molecule has 1 aromatic heterocycles. The topological polar surface area (TPSA) is 51.7 Å². The number of carbonyl (C=O) groups excluding carboxylic acids is 1. The van der Waals surface area contributed by atoms with Crippen LogP contribution in [0, 0.1) is 0 Å². The third kappa shape index (κ3) is 4.68. The third-order valence-corrected chi connectivity index (χ3v) is 7.11. The molecule has 0 radical (unpaired) electrons. The summed E-state index contributed by atoms with van der Waals surface area (Å²) in [6, 6.07) is 7.75. The van der Waals surface area contributed by atoms with Crippen LogP contribution in [0.5, 0.6) is 0 Å². The molecule has 7 heteroatoms. The maximum Gasteiger partial charge on any atom is 0.222 e. The Morgan fingerprint density at radius 2 is 2.06 bits per heavy atom. The number of H-pyrrole nitrogens is 1. The molecule has 2 aliphatic rings. The number of nitrogens with one attached hydrogen (secondary N) is 1. The van der Waals surface area contributed by atoms with E-state index in [1.165, 1.54) is 16.5 Å². The Kier molecular flexibility index (Phi) is 6.73. The predicted molar refractivity (Wildman–Crippen MR) is 126 cm³/mol. The van der Waals surface area contributed by atoms with Crippen LogP contribution in [-0.2, 0) is 11.2 Å².